The molecule has 1 atom stereocenters. The van der Waals surface area contributed by atoms with Gasteiger partial charge in [0, 0.05) is 17.7 Å². The van der Waals surface area contributed by atoms with Crippen LogP contribution in [0.25, 0.3) is 0 Å². The zero-order valence-corrected chi connectivity index (χ0v) is 18.1. The van der Waals surface area contributed by atoms with Crippen LogP contribution < -0.4 is 28.6 Å². The lowest BCUT2D eigenvalue weighted by atomic mass is 9.88. The molecule has 0 radical (unpaired) electrons. The van der Waals surface area contributed by atoms with Crippen molar-refractivity contribution in [3.8, 4) is 28.7 Å². The average molecular weight is 434 g/mol. The van der Waals surface area contributed by atoms with Crippen molar-refractivity contribution in [1.82, 2.24) is 0 Å². The fourth-order valence-corrected chi connectivity index (χ4v) is 3.50. The van der Waals surface area contributed by atoms with E-state index in [4.69, 9.17) is 35.3 Å². The summed E-state index contributed by atoms with van der Waals surface area (Å²) >= 11 is 5.75. The van der Waals surface area contributed by atoms with Crippen molar-refractivity contribution in [3.05, 3.63) is 48.0 Å². The molecule has 1 aliphatic heterocycles. The van der Waals surface area contributed by atoms with E-state index in [2.05, 4.69) is 6.58 Å². The highest BCUT2D eigenvalue weighted by molar-refractivity contribution is 6.18. The summed E-state index contributed by atoms with van der Waals surface area (Å²) in [7, 11) is 6.15. The molecule has 3 rings (SSSR count). The first-order valence-corrected chi connectivity index (χ1v) is 9.73. The predicted octanol–water partition coefficient (Wildman–Crippen LogP) is 3.98. The van der Waals surface area contributed by atoms with Crippen LogP contribution in [0.3, 0.4) is 0 Å². The zero-order chi connectivity index (χ0) is 21.8. The summed E-state index contributed by atoms with van der Waals surface area (Å²) in [5.74, 6) is 2.65. The number of carbonyl (C=O) groups excluding carboxylic acids is 1. The number of rotatable bonds is 9. The van der Waals surface area contributed by atoms with Gasteiger partial charge in [-0.25, -0.2) is 0 Å². The number of benzene rings is 2. The molecule has 2 aromatic rings. The van der Waals surface area contributed by atoms with Crippen molar-refractivity contribution in [1.29, 1.82) is 0 Å². The Bertz CT molecular complexity index is 936. The van der Waals surface area contributed by atoms with Gasteiger partial charge in [-0.05, 0) is 17.7 Å². The Hall–Kier alpha value is -3.06. The van der Waals surface area contributed by atoms with Crippen molar-refractivity contribution in [2.24, 2.45) is 0 Å². The maximum Gasteiger partial charge on any atom is 0.256 e. The predicted molar refractivity (Wildman–Crippen MR) is 115 cm³/mol. The van der Waals surface area contributed by atoms with E-state index in [1.807, 2.05) is 12.1 Å². The highest BCUT2D eigenvalue weighted by Gasteiger charge is 2.43. The van der Waals surface area contributed by atoms with E-state index in [1.54, 1.807) is 30.2 Å². The minimum absolute atomic E-state index is 0.187. The van der Waals surface area contributed by atoms with E-state index >= 15 is 0 Å². The molecule has 1 heterocycles. The Morgan fingerprint density at radius 2 is 1.57 bits per heavy atom. The highest BCUT2D eigenvalue weighted by Crippen LogP contribution is 2.48. The molecule has 2 aromatic carbocycles. The van der Waals surface area contributed by atoms with Gasteiger partial charge in [-0.3, -0.25) is 9.69 Å². The maximum atomic E-state index is 12.7. The number of amides is 1. The Kier molecular flexibility index (Phi) is 6.62. The first kappa shape index (κ1) is 21.6. The fourth-order valence-electron chi connectivity index (χ4n) is 3.43. The number of nitrogens with zero attached hydrogens (tertiary/aromatic N) is 1. The highest BCUT2D eigenvalue weighted by atomic mass is 35.5. The summed E-state index contributed by atoms with van der Waals surface area (Å²) in [6.07, 6.45) is 0. The molecule has 7 nitrogen and oxygen atoms in total. The van der Waals surface area contributed by atoms with Gasteiger partial charge < -0.3 is 23.7 Å². The van der Waals surface area contributed by atoms with Gasteiger partial charge in [-0.15, -0.1) is 11.6 Å². The molecule has 30 heavy (non-hydrogen) atoms. The Balaban J connectivity index is 2.03. The van der Waals surface area contributed by atoms with Gasteiger partial charge in [-0.1, -0.05) is 12.6 Å². The Labute approximate surface area is 180 Å². The zero-order valence-electron chi connectivity index (χ0n) is 17.4. The molecule has 1 amide bonds. The minimum atomic E-state index is -0.371. The Morgan fingerprint density at radius 1 is 0.933 bits per heavy atom. The number of β-lactam (4-membered cyclic amide) rings is 1. The van der Waals surface area contributed by atoms with Crippen LogP contribution >= 0.6 is 11.6 Å². The number of ether oxygens (including phenoxy) is 5. The summed E-state index contributed by atoms with van der Waals surface area (Å²) < 4.78 is 27.3. The molecule has 0 aliphatic carbocycles. The molecule has 0 bridgehead atoms. The van der Waals surface area contributed by atoms with E-state index in [-0.39, 0.29) is 11.9 Å². The van der Waals surface area contributed by atoms with Crippen LogP contribution in [0.1, 0.15) is 11.6 Å². The van der Waals surface area contributed by atoms with E-state index in [1.165, 1.54) is 21.3 Å². The first-order valence-electron chi connectivity index (χ1n) is 9.19. The largest absolute Gasteiger partial charge is 0.493 e. The van der Waals surface area contributed by atoms with Crippen molar-refractivity contribution >= 4 is 23.2 Å². The number of halogens is 1. The lowest BCUT2D eigenvalue weighted by molar-refractivity contribution is -0.118. The second-order valence-corrected chi connectivity index (χ2v) is 6.81. The second kappa shape index (κ2) is 9.17. The first-order chi connectivity index (χ1) is 14.5. The normalized spacial score (nSPS) is 15.5. The van der Waals surface area contributed by atoms with Crippen LogP contribution in [0.15, 0.2) is 42.5 Å². The number of methoxy groups -OCH3 is 4. The molecule has 0 unspecified atom stereocenters. The molecule has 160 valence electrons. The number of hydrogen-bond acceptors (Lipinski definition) is 6. The second-order valence-electron chi connectivity index (χ2n) is 6.43. The van der Waals surface area contributed by atoms with Gasteiger partial charge in [0.2, 0.25) is 5.75 Å². The molecular formula is C22H24ClNO6. The average Bonchev–Trinajstić information content (AvgIpc) is 2.79. The summed E-state index contributed by atoms with van der Waals surface area (Å²) in [6.45, 7) is 4.29. The Morgan fingerprint density at radius 3 is 2.10 bits per heavy atom. The number of hydrogen-bond donors (Lipinski definition) is 0. The standard InChI is InChI=1S/C22H24ClNO6/c1-13-20(14-6-7-16(26-2)17(10-14)30-9-8-23)24(22(13)25)15-11-18(27-3)21(29-5)19(12-15)28-4/h6-7,10-12,20H,1,8-9H2,2-5H3/t20-/m1/s1. The van der Waals surface area contributed by atoms with Gasteiger partial charge >= 0.3 is 0 Å². The lowest BCUT2D eigenvalue weighted by Gasteiger charge is -2.42. The molecule has 8 heteroatoms. The van der Waals surface area contributed by atoms with Crippen molar-refractivity contribution in [3.63, 3.8) is 0 Å². The smallest absolute Gasteiger partial charge is 0.256 e. The molecule has 1 saturated heterocycles. The van der Waals surface area contributed by atoms with Crippen LogP contribution in [0.5, 0.6) is 28.7 Å². The fraction of sp³-hybridized carbons (Fsp3) is 0.318. The van der Waals surface area contributed by atoms with Crippen molar-refractivity contribution in [2.45, 2.75) is 6.04 Å². The number of carbonyl (C=O) groups is 1. The van der Waals surface area contributed by atoms with Gasteiger partial charge in [0.1, 0.15) is 6.61 Å². The molecule has 0 spiro atoms. The molecule has 0 saturated carbocycles. The number of alkyl halides is 1. The number of anilines is 1. The van der Waals surface area contributed by atoms with E-state index in [9.17, 15) is 4.79 Å². The molecule has 1 fully saturated rings. The van der Waals surface area contributed by atoms with Gasteiger partial charge in [0.15, 0.2) is 23.0 Å². The third kappa shape index (κ3) is 3.73. The third-order valence-corrected chi connectivity index (χ3v) is 5.00. The molecule has 0 aromatic heterocycles. The summed E-state index contributed by atoms with van der Waals surface area (Å²) in [5.41, 5.74) is 1.90. The van der Waals surface area contributed by atoms with Gasteiger partial charge in [-0.2, -0.15) is 0 Å². The van der Waals surface area contributed by atoms with Crippen LogP contribution in [0.4, 0.5) is 5.69 Å². The quantitative estimate of drug-likeness (QED) is 0.338. The topological polar surface area (TPSA) is 66.5 Å². The van der Waals surface area contributed by atoms with Crippen molar-refractivity contribution < 1.29 is 28.5 Å². The van der Waals surface area contributed by atoms with E-state index in [0.29, 0.717) is 52.5 Å². The molecule has 1 aliphatic rings. The maximum absolute atomic E-state index is 12.7. The van der Waals surface area contributed by atoms with Crippen molar-refractivity contribution in [2.75, 3.05) is 45.8 Å². The lowest BCUT2D eigenvalue weighted by Crippen LogP contribution is -2.48. The molecule has 0 N–H and O–H groups in total. The molecular weight excluding hydrogens is 410 g/mol. The van der Waals surface area contributed by atoms with E-state index < -0.39 is 0 Å². The summed E-state index contributed by atoms with van der Waals surface area (Å²) in [5, 5.41) is 0. The van der Waals surface area contributed by atoms with E-state index in [0.717, 1.165) is 5.56 Å². The van der Waals surface area contributed by atoms with Crippen LogP contribution in [-0.4, -0.2) is 46.8 Å². The van der Waals surface area contributed by atoms with Gasteiger partial charge in [0.25, 0.3) is 5.91 Å². The SMILES string of the molecule is C=C1C(=O)N(c2cc(OC)c(OC)c(OC)c2)[C@H]1c1ccc(OC)c(OCCCl)c1. The minimum Gasteiger partial charge on any atom is -0.493 e. The summed E-state index contributed by atoms with van der Waals surface area (Å²) in [4.78, 5) is 14.3. The van der Waals surface area contributed by atoms with Gasteiger partial charge in [0.05, 0.1) is 46.0 Å². The van der Waals surface area contributed by atoms with Crippen LogP contribution in [-0.2, 0) is 4.79 Å². The van der Waals surface area contributed by atoms with Crippen LogP contribution in [0, 0.1) is 0 Å². The van der Waals surface area contributed by atoms with Crippen LogP contribution in [0.2, 0.25) is 0 Å². The third-order valence-electron chi connectivity index (χ3n) is 4.85. The summed E-state index contributed by atoms with van der Waals surface area (Å²) in [6, 6.07) is 8.59. The monoisotopic (exact) mass is 433 g/mol.